The van der Waals surface area contributed by atoms with E-state index >= 15 is 0 Å². The Kier molecular flexibility index (Phi) is 5.93. The minimum atomic E-state index is -0.911. The Labute approximate surface area is 121 Å². The molecular weight excluding hydrogens is 256 g/mol. The van der Waals surface area contributed by atoms with Crippen molar-refractivity contribution in [1.29, 1.82) is 0 Å². The fraction of sp³-hybridized carbons (Fsp3) is 0.750. The molecule has 1 N–H and O–H groups in total. The molecule has 0 amide bonds. The molecule has 0 saturated carbocycles. The van der Waals surface area contributed by atoms with Gasteiger partial charge in [-0.15, -0.1) is 0 Å². The van der Waals surface area contributed by atoms with Crippen molar-refractivity contribution in [3.8, 4) is 0 Å². The van der Waals surface area contributed by atoms with E-state index in [1.807, 2.05) is 19.9 Å². The molecule has 114 valence electrons. The minimum absolute atomic E-state index is 0.0626. The van der Waals surface area contributed by atoms with Crippen LogP contribution in [0.25, 0.3) is 0 Å². The van der Waals surface area contributed by atoms with Crippen LogP contribution in [0.4, 0.5) is 0 Å². The molecule has 0 saturated heterocycles. The maximum atomic E-state index is 12.0. The van der Waals surface area contributed by atoms with E-state index in [9.17, 15) is 14.7 Å². The third-order valence-corrected chi connectivity index (χ3v) is 3.76. The fourth-order valence-corrected chi connectivity index (χ4v) is 2.62. The molecule has 0 radical (unpaired) electrons. The molecule has 0 spiro atoms. The van der Waals surface area contributed by atoms with Crippen molar-refractivity contribution in [3.05, 3.63) is 12.2 Å². The predicted octanol–water partition coefficient (Wildman–Crippen LogP) is 2.64. The largest absolute Gasteiger partial charge is 0.461 e. The van der Waals surface area contributed by atoms with Gasteiger partial charge < -0.3 is 9.84 Å². The molecule has 1 aliphatic carbocycles. The van der Waals surface area contributed by atoms with Crippen LogP contribution < -0.4 is 0 Å². The molecule has 0 aromatic carbocycles. The van der Waals surface area contributed by atoms with Crippen molar-refractivity contribution < 1.29 is 19.4 Å². The average molecular weight is 282 g/mol. The number of aliphatic hydroxyl groups is 1. The molecule has 0 bridgehead atoms. The number of Topliss-reactive ketones (excluding diaryl/α,β-unsaturated/α-hetero) is 1. The molecular formula is C16H26O4. The van der Waals surface area contributed by atoms with Crippen molar-refractivity contribution >= 4 is 11.8 Å². The van der Waals surface area contributed by atoms with Gasteiger partial charge in [-0.3, -0.25) is 9.59 Å². The number of carbonyl (C=O) groups is 2. The van der Waals surface area contributed by atoms with Gasteiger partial charge in [-0.05, 0) is 25.7 Å². The predicted molar refractivity (Wildman–Crippen MR) is 77.1 cm³/mol. The summed E-state index contributed by atoms with van der Waals surface area (Å²) in [6.07, 6.45) is 5.14. The quantitative estimate of drug-likeness (QED) is 0.624. The molecule has 0 unspecified atom stereocenters. The molecule has 0 aliphatic heterocycles. The highest BCUT2D eigenvalue weighted by atomic mass is 16.5. The van der Waals surface area contributed by atoms with Crippen molar-refractivity contribution in [2.45, 2.75) is 65.1 Å². The summed E-state index contributed by atoms with van der Waals surface area (Å²) in [5.74, 6) is -0.121. The summed E-state index contributed by atoms with van der Waals surface area (Å²) < 4.78 is 5.34. The van der Waals surface area contributed by atoms with Crippen LogP contribution in [0, 0.1) is 11.8 Å². The molecule has 0 aromatic heterocycles. The van der Waals surface area contributed by atoms with Crippen LogP contribution in [-0.4, -0.2) is 28.6 Å². The normalized spacial score (nSPS) is 32.2. The first-order valence-corrected chi connectivity index (χ1v) is 7.32. The Bertz CT molecular complexity index is 382. The van der Waals surface area contributed by atoms with Crippen molar-refractivity contribution in [3.63, 3.8) is 0 Å². The SMILES string of the molecule is CC(=O)O[C@@H]1CC(=O)CCC[C@@](C)(O)C=C[C@H]1C(C)C. The Balaban J connectivity index is 3.04. The first kappa shape index (κ1) is 16.9. The lowest BCUT2D eigenvalue weighted by molar-refractivity contribution is -0.150. The van der Waals surface area contributed by atoms with Gasteiger partial charge in [-0.25, -0.2) is 0 Å². The smallest absolute Gasteiger partial charge is 0.302 e. The second kappa shape index (κ2) is 7.02. The van der Waals surface area contributed by atoms with E-state index in [1.165, 1.54) is 6.92 Å². The lowest BCUT2D eigenvalue weighted by Crippen LogP contribution is -2.33. The van der Waals surface area contributed by atoms with Crippen LogP contribution in [0.5, 0.6) is 0 Å². The van der Waals surface area contributed by atoms with Gasteiger partial charge in [0.05, 0.1) is 5.60 Å². The van der Waals surface area contributed by atoms with Crippen molar-refractivity contribution in [2.24, 2.45) is 11.8 Å². The van der Waals surface area contributed by atoms with Crippen LogP contribution in [0.3, 0.4) is 0 Å². The van der Waals surface area contributed by atoms with Crippen molar-refractivity contribution in [2.75, 3.05) is 0 Å². The molecule has 0 heterocycles. The Hall–Kier alpha value is -1.16. The second-order valence-electron chi connectivity index (χ2n) is 6.28. The Morgan fingerprint density at radius 2 is 2.15 bits per heavy atom. The minimum Gasteiger partial charge on any atom is -0.461 e. The maximum Gasteiger partial charge on any atom is 0.302 e. The van der Waals surface area contributed by atoms with Gasteiger partial charge in [0.2, 0.25) is 0 Å². The topological polar surface area (TPSA) is 63.6 Å². The van der Waals surface area contributed by atoms with Crippen LogP contribution >= 0.6 is 0 Å². The van der Waals surface area contributed by atoms with E-state index in [0.717, 1.165) is 0 Å². The van der Waals surface area contributed by atoms with E-state index in [0.29, 0.717) is 19.3 Å². The number of rotatable bonds is 2. The maximum absolute atomic E-state index is 12.0. The summed E-state index contributed by atoms with van der Waals surface area (Å²) in [6, 6.07) is 0. The van der Waals surface area contributed by atoms with E-state index in [4.69, 9.17) is 4.74 Å². The summed E-state index contributed by atoms with van der Waals surface area (Å²) in [5.41, 5.74) is -0.911. The number of esters is 1. The number of carbonyl (C=O) groups excluding carboxylic acids is 2. The average Bonchev–Trinajstić information content (AvgIpc) is 2.26. The number of hydrogen-bond acceptors (Lipinski definition) is 4. The standard InChI is InChI=1S/C16H26O4/c1-11(2)14-7-9-16(4,19)8-5-6-13(18)10-15(14)20-12(3)17/h7,9,11,14-15,19H,5-6,8,10H2,1-4H3/t14-,15+,16+/m0/s1. The van der Waals surface area contributed by atoms with Crippen LogP contribution in [0.1, 0.15) is 53.4 Å². The van der Waals surface area contributed by atoms with Gasteiger partial charge in [-0.1, -0.05) is 26.0 Å². The highest BCUT2D eigenvalue weighted by Gasteiger charge is 2.29. The zero-order valence-corrected chi connectivity index (χ0v) is 12.9. The summed E-state index contributed by atoms with van der Waals surface area (Å²) in [6.45, 7) is 7.15. The van der Waals surface area contributed by atoms with Gasteiger partial charge >= 0.3 is 5.97 Å². The molecule has 4 nitrogen and oxygen atoms in total. The van der Waals surface area contributed by atoms with Crippen LogP contribution in [-0.2, 0) is 14.3 Å². The third-order valence-electron chi connectivity index (χ3n) is 3.76. The van der Waals surface area contributed by atoms with Crippen molar-refractivity contribution in [1.82, 2.24) is 0 Å². The number of ketones is 1. The summed E-state index contributed by atoms with van der Waals surface area (Å²) in [5, 5.41) is 10.2. The second-order valence-corrected chi connectivity index (χ2v) is 6.28. The van der Waals surface area contributed by atoms with Gasteiger partial charge in [0.25, 0.3) is 0 Å². The summed E-state index contributed by atoms with van der Waals surface area (Å²) in [4.78, 5) is 23.2. The molecule has 0 fully saturated rings. The summed E-state index contributed by atoms with van der Waals surface area (Å²) >= 11 is 0. The fourth-order valence-electron chi connectivity index (χ4n) is 2.62. The van der Waals surface area contributed by atoms with Gasteiger partial charge in [-0.2, -0.15) is 0 Å². The molecule has 3 atom stereocenters. The number of hydrogen-bond donors (Lipinski definition) is 1. The zero-order chi connectivity index (χ0) is 15.3. The highest BCUT2D eigenvalue weighted by molar-refractivity contribution is 5.79. The van der Waals surface area contributed by atoms with E-state index in [2.05, 4.69) is 0 Å². The number of ether oxygens (including phenoxy) is 1. The lowest BCUT2D eigenvalue weighted by atomic mass is 9.83. The van der Waals surface area contributed by atoms with Crippen LogP contribution in [0.15, 0.2) is 12.2 Å². The highest BCUT2D eigenvalue weighted by Crippen LogP contribution is 2.27. The van der Waals surface area contributed by atoms with E-state index in [1.54, 1.807) is 13.0 Å². The molecule has 4 heteroatoms. The van der Waals surface area contributed by atoms with E-state index in [-0.39, 0.29) is 30.0 Å². The molecule has 20 heavy (non-hydrogen) atoms. The van der Waals surface area contributed by atoms with E-state index < -0.39 is 11.7 Å². The van der Waals surface area contributed by atoms with Crippen LogP contribution in [0.2, 0.25) is 0 Å². The Morgan fingerprint density at radius 1 is 1.50 bits per heavy atom. The molecule has 1 aliphatic rings. The molecule has 0 aromatic rings. The lowest BCUT2D eigenvalue weighted by Gasteiger charge is -2.29. The van der Waals surface area contributed by atoms with Gasteiger partial charge in [0.15, 0.2) is 0 Å². The third kappa shape index (κ3) is 5.45. The first-order valence-electron chi connectivity index (χ1n) is 7.32. The molecule has 1 rings (SSSR count). The van der Waals surface area contributed by atoms with Gasteiger partial charge in [0.1, 0.15) is 11.9 Å². The Morgan fingerprint density at radius 3 is 2.70 bits per heavy atom. The summed E-state index contributed by atoms with van der Waals surface area (Å²) in [7, 11) is 0. The van der Waals surface area contributed by atoms with Gasteiger partial charge in [0, 0.05) is 25.7 Å². The first-order chi connectivity index (χ1) is 9.21. The monoisotopic (exact) mass is 282 g/mol. The zero-order valence-electron chi connectivity index (χ0n) is 12.9.